The number of para-hydroxylation sites is 1. The van der Waals surface area contributed by atoms with Crippen LogP contribution < -0.4 is 10.2 Å². The number of carbonyl (C=O) groups excluding carboxylic acids is 3. The highest BCUT2D eigenvalue weighted by molar-refractivity contribution is 6.30. The van der Waals surface area contributed by atoms with Crippen LogP contribution >= 0.6 is 11.6 Å². The van der Waals surface area contributed by atoms with E-state index >= 15 is 0 Å². The van der Waals surface area contributed by atoms with Gasteiger partial charge in [0.05, 0.1) is 16.9 Å². The van der Waals surface area contributed by atoms with E-state index in [4.69, 9.17) is 11.6 Å². The van der Waals surface area contributed by atoms with Gasteiger partial charge in [-0.05, 0) is 60.5 Å². The predicted octanol–water partition coefficient (Wildman–Crippen LogP) is 6.41. The lowest BCUT2D eigenvalue weighted by molar-refractivity contribution is -0.384. The number of hydrogen-bond acceptors (Lipinski definition) is 6. The van der Waals surface area contributed by atoms with Gasteiger partial charge >= 0.3 is 0 Å². The molecular weight excluding hydrogens is 566 g/mol. The lowest BCUT2D eigenvalue weighted by Gasteiger charge is -2.37. The average Bonchev–Trinajstić information content (AvgIpc) is 3.49. The van der Waals surface area contributed by atoms with Gasteiger partial charge in [-0.3, -0.25) is 24.5 Å². The monoisotopic (exact) mass is 589 g/mol. The van der Waals surface area contributed by atoms with Crippen molar-refractivity contribution < 1.29 is 19.3 Å². The summed E-state index contributed by atoms with van der Waals surface area (Å²) in [5.41, 5.74) is 2.38. The number of hydrogen-bond donors (Lipinski definition) is 1. The van der Waals surface area contributed by atoms with Crippen LogP contribution in [0.2, 0.25) is 5.02 Å². The fourth-order valence-electron chi connectivity index (χ4n) is 7.04. The number of amides is 1. The number of anilines is 2. The van der Waals surface area contributed by atoms with Crippen LogP contribution in [0.3, 0.4) is 0 Å². The van der Waals surface area contributed by atoms with E-state index in [-0.39, 0.29) is 17.0 Å². The molecule has 0 unspecified atom stereocenters. The molecule has 7 rings (SSSR count). The Labute approximate surface area is 251 Å². The van der Waals surface area contributed by atoms with Crippen molar-refractivity contribution in [3.63, 3.8) is 0 Å². The quantitative estimate of drug-likeness (QED) is 0.164. The van der Waals surface area contributed by atoms with E-state index in [9.17, 15) is 24.5 Å². The van der Waals surface area contributed by atoms with Crippen LogP contribution in [0.1, 0.15) is 37.4 Å². The molecule has 1 amide bonds. The molecule has 0 aromatic heterocycles. The summed E-state index contributed by atoms with van der Waals surface area (Å²) in [4.78, 5) is 56.9. The summed E-state index contributed by atoms with van der Waals surface area (Å²) in [7, 11) is 0. The number of non-ortho nitro benzene ring substituents is 1. The Balaban J connectivity index is 1.53. The topological polar surface area (TPSA) is 110 Å². The van der Waals surface area contributed by atoms with E-state index in [1.807, 2.05) is 48.2 Å². The molecule has 0 radical (unpaired) electrons. The lowest BCUT2D eigenvalue weighted by Crippen LogP contribution is -2.51. The Kier molecular flexibility index (Phi) is 6.07. The van der Waals surface area contributed by atoms with Crippen molar-refractivity contribution in [2.45, 2.75) is 24.4 Å². The first-order valence-electron chi connectivity index (χ1n) is 13.8. The maximum absolute atomic E-state index is 14.8. The summed E-state index contributed by atoms with van der Waals surface area (Å²) in [6, 6.07) is 23.1. The first-order valence-corrected chi connectivity index (χ1v) is 14.2. The summed E-state index contributed by atoms with van der Waals surface area (Å²) in [5, 5.41) is 15.1. The van der Waals surface area contributed by atoms with Gasteiger partial charge in [0.1, 0.15) is 11.5 Å². The highest BCUT2D eigenvalue weighted by Crippen LogP contribution is 2.58. The van der Waals surface area contributed by atoms with E-state index in [0.29, 0.717) is 21.8 Å². The summed E-state index contributed by atoms with van der Waals surface area (Å²) < 4.78 is 0. The van der Waals surface area contributed by atoms with E-state index in [0.717, 1.165) is 16.8 Å². The van der Waals surface area contributed by atoms with Gasteiger partial charge in [0, 0.05) is 39.7 Å². The van der Waals surface area contributed by atoms with Crippen molar-refractivity contribution in [1.82, 2.24) is 0 Å². The number of Topliss-reactive ketones (excluding diaryl/α,β-unsaturated/α-hetero) is 2. The molecule has 1 N–H and O–H groups in total. The van der Waals surface area contributed by atoms with Gasteiger partial charge in [-0.15, -0.1) is 0 Å². The molecule has 4 aromatic rings. The molecule has 3 heterocycles. The number of nitro benzene ring substituents is 1. The second-order valence-electron chi connectivity index (χ2n) is 11.1. The Morgan fingerprint density at radius 2 is 1.70 bits per heavy atom. The van der Waals surface area contributed by atoms with Gasteiger partial charge < -0.3 is 10.2 Å². The molecule has 1 spiro atoms. The van der Waals surface area contributed by atoms with Gasteiger partial charge in [0.15, 0.2) is 11.6 Å². The highest BCUT2D eigenvalue weighted by atomic mass is 35.5. The number of aryl methyl sites for hydroxylation is 1. The van der Waals surface area contributed by atoms with Gasteiger partial charge in [-0.25, -0.2) is 0 Å². The summed E-state index contributed by atoms with van der Waals surface area (Å²) >= 11 is 6.15. The number of halogens is 1. The van der Waals surface area contributed by atoms with Crippen LogP contribution in [0, 0.1) is 23.0 Å². The molecule has 0 bridgehead atoms. The SMILES string of the molecule is Cc1ccc2c(c1)C=C[C@@H]1N2[C@H](C(=O)c2ccc(Cl)cc2)[C@@H](C(=O)c2cccc([N+](=O)[O-])c2)[C@]12C(=O)Nc1ccccc12. The molecule has 0 saturated carbocycles. The van der Waals surface area contributed by atoms with Crippen LogP contribution in [-0.4, -0.2) is 34.5 Å². The number of fused-ring (bicyclic) bond motifs is 6. The predicted molar refractivity (Wildman–Crippen MR) is 164 cm³/mol. The number of carbonyl (C=O) groups is 3. The van der Waals surface area contributed by atoms with Crippen LogP contribution in [0.25, 0.3) is 6.08 Å². The minimum atomic E-state index is -1.51. The fraction of sp³-hybridized carbons (Fsp3) is 0.147. The maximum Gasteiger partial charge on any atom is 0.270 e. The maximum atomic E-state index is 14.8. The number of ketones is 2. The average molecular weight is 590 g/mol. The normalized spacial score (nSPS) is 23.0. The summed E-state index contributed by atoms with van der Waals surface area (Å²) in [5.74, 6) is -2.53. The minimum Gasteiger partial charge on any atom is -0.352 e. The van der Waals surface area contributed by atoms with Gasteiger partial charge in [-0.1, -0.05) is 65.7 Å². The second kappa shape index (κ2) is 9.74. The Morgan fingerprint density at radius 1 is 0.930 bits per heavy atom. The van der Waals surface area contributed by atoms with Crippen molar-refractivity contribution in [2.75, 3.05) is 10.2 Å². The fourth-order valence-corrected chi connectivity index (χ4v) is 7.16. The van der Waals surface area contributed by atoms with Crippen molar-refractivity contribution >= 4 is 52.2 Å². The minimum absolute atomic E-state index is 0.0534. The van der Waals surface area contributed by atoms with Crippen LogP contribution in [0.4, 0.5) is 17.1 Å². The lowest BCUT2D eigenvalue weighted by atomic mass is 9.64. The standard InChI is InChI=1S/C34H24ClN3O5/c1-19-9-15-27-21(17-19)12-16-28-34(25-7-2-3-8-26(25)36-33(34)41)29(31(39)22-5-4-6-24(18-22)38(42)43)30(37(27)28)32(40)20-10-13-23(35)14-11-20/h2-18,28-30H,1H3,(H,36,41)/t28-,29-,30-,34+/m0/s1. The molecule has 43 heavy (non-hydrogen) atoms. The number of nitrogens with one attached hydrogen (secondary N) is 1. The number of nitrogens with zero attached hydrogens (tertiary/aromatic N) is 2. The molecule has 212 valence electrons. The van der Waals surface area contributed by atoms with E-state index in [1.165, 1.54) is 24.3 Å². The zero-order valence-electron chi connectivity index (χ0n) is 22.9. The van der Waals surface area contributed by atoms with Crippen molar-refractivity contribution in [3.05, 3.63) is 140 Å². The third kappa shape index (κ3) is 3.87. The Hall–Kier alpha value is -5.08. The summed E-state index contributed by atoms with van der Waals surface area (Å²) in [6.45, 7) is 1.97. The number of rotatable bonds is 5. The zero-order chi connectivity index (χ0) is 30.0. The Morgan fingerprint density at radius 3 is 2.47 bits per heavy atom. The molecule has 8 nitrogen and oxygen atoms in total. The largest absolute Gasteiger partial charge is 0.352 e. The Bertz CT molecular complexity index is 1900. The van der Waals surface area contributed by atoms with Crippen LogP contribution in [0.5, 0.6) is 0 Å². The first kappa shape index (κ1) is 26.8. The van der Waals surface area contributed by atoms with Crippen molar-refractivity contribution in [2.24, 2.45) is 5.92 Å². The molecule has 3 aliphatic heterocycles. The zero-order valence-corrected chi connectivity index (χ0v) is 23.6. The van der Waals surface area contributed by atoms with Crippen molar-refractivity contribution in [3.8, 4) is 0 Å². The number of benzene rings is 4. The van der Waals surface area contributed by atoms with Crippen LogP contribution in [-0.2, 0) is 10.2 Å². The van der Waals surface area contributed by atoms with Crippen LogP contribution in [0.15, 0.2) is 97.1 Å². The van der Waals surface area contributed by atoms with E-state index in [2.05, 4.69) is 5.32 Å². The third-order valence-corrected chi connectivity index (χ3v) is 9.06. The first-order chi connectivity index (χ1) is 20.7. The molecule has 9 heteroatoms. The third-order valence-electron chi connectivity index (χ3n) is 8.81. The van der Waals surface area contributed by atoms with E-state index < -0.39 is 40.0 Å². The molecular formula is C34H24ClN3O5. The molecule has 4 atom stereocenters. The van der Waals surface area contributed by atoms with Gasteiger partial charge in [0.25, 0.3) is 5.69 Å². The molecule has 0 aliphatic carbocycles. The smallest absolute Gasteiger partial charge is 0.270 e. The van der Waals surface area contributed by atoms with Gasteiger partial charge in [-0.2, -0.15) is 0 Å². The second-order valence-corrected chi connectivity index (χ2v) is 11.5. The van der Waals surface area contributed by atoms with E-state index in [1.54, 1.807) is 42.5 Å². The van der Waals surface area contributed by atoms with Gasteiger partial charge in [0.2, 0.25) is 5.91 Å². The molecule has 3 aliphatic rings. The molecule has 1 fully saturated rings. The molecule has 4 aromatic carbocycles. The number of nitro groups is 1. The van der Waals surface area contributed by atoms with Crippen molar-refractivity contribution in [1.29, 1.82) is 0 Å². The summed E-state index contributed by atoms with van der Waals surface area (Å²) in [6.07, 6.45) is 3.83. The highest BCUT2D eigenvalue weighted by Gasteiger charge is 2.70. The molecule has 1 saturated heterocycles.